The number of hydrogen-bond acceptors (Lipinski definition) is 6. The number of piperazine rings is 1. The number of ether oxygens (including phenoxy) is 1. The second kappa shape index (κ2) is 8.26. The summed E-state index contributed by atoms with van der Waals surface area (Å²) < 4.78 is 6.04. The van der Waals surface area contributed by atoms with Crippen molar-refractivity contribution in [1.82, 2.24) is 19.8 Å². The van der Waals surface area contributed by atoms with Crippen LogP contribution in [0.2, 0.25) is 0 Å². The third-order valence-corrected chi connectivity index (χ3v) is 6.72. The van der Waals surface area contributed by atoms with Crippen molar-refractivity contribution in [3.8, 4) is 17.6 Å². The quantitative estimate of drug-likeness (QED) is 0.621. The number of carbonyl (C=O) groups excluding carboxylic acids is 1. The maximum atomic E-state index is 13.1. The average Bonchev–Trinajstić information content (AvgIpc) is 3.52. The zero-order valence-corrected chi connectivity index (χ0v) is 18.0. The van der Waals surface area contributed by atoms with Gasteiger partial charge in [0.1, 0.15) is 23.2 Å². The average molecular weight is 431 g/mol. The number of aromatic nitrogens is 2. The minimum atomic E-state index is -0.218. The number of carbonyl (C=O) groups is 1. The van der Waals surface area contributed by atoms with Crippen LogP contribution in [0.3, 0.4) is 0 Å². The monoisotopic (exact) mass is 430 g/mol. The molecule has 2 aliphatic rings. The molecule has 2 fully saturated rings. The summed E-state index contributed by atoms with van der Waals surface area (Å²) in [4.78, 5) is 24.7. The first kappa shape index (κ1) is 20.5. The molecule has 32 heavy (non-hydrogen) atoms. The van der Waals surface area contributed by atoms with Crippen LogP contribution >= 0.6 is 0 Å². The summed E-state index contributed by atoms with van der Waals surface area (Å²) in [7, 11) is 2.13. The van der Waals surface area contributed by atoms with Gasteiger partial charge in [-0.1, -0.05) is 12.1 Å². The second-order valence-electron chi connectivity index (χ2n) is 8.70. The molecule has 3 aromatic rings. The van der Waals surface area contributed by atoms with Crippen LogP contribution in [-0.4, -0.2) is 64.4 Å². The van der Waals surface area contributed by atoms with Crippen molar-refractivity contribution in [2.24, 2.45) is 11.7 Å². The molecule has 3 N–H and O–H groups in total. The third-order valence-electron chi connectivity index (χ3n) is 6.72. The van der Waals surface area contributed by atoms with E-state index in [0.29, 0.717) is 53.1 Å². The van der Waals surface area contributed by atoms with E-state index < -0.39 is 0 Å². The zero-order valence-electron chi connectivity index (χ0n) is 18.0. The lowest BCUT2D eigenvalue weighted by Gasteiger charge is -2.34. The number of likely N-dealkylation sites (tertiary alicyclic amines) is 2. The maximum Gasteiger partial charge on any atom is 0.227 e. The van der Waals surface area contributed by atoms with Crippen molar-refractivity contribution in [2.75, 3.05) is 26.7 Å². The molecule has 1 aromatic carbocycles. The summed E-state index contributed by atoms with van der Waals surface area (Å²) in [5.74, 6) is 1.18. The summed E-state index contributed by atoms with van der Waals surface area (Å²) in [5, 5.41) is 10.00. The van der Waals surface area contributed by atoms with Gasteiger partial charge < -0.3 is 20.4 Å². The SMILES string of the molecule is CN1C[C@@H]2C[C@H]1CN2C(=O)C(CN)Cc1ccc(Oc2ccnc3[nH]cc(C#N)c23)cc1. The number of nitrogens with zero attached hydrogens (tertiary/aromatic N) is 4. The second-order valence-corrected chi connectivity index (χ2v) is 8.70. The predicted molar refractivity (Wildman–Crippen MR) is 120 cm³/mol. The number of H-pyrrole nitrogens is 1. The number of nitrogens with one attached hydrogen (secondary N) is 1. The molecule has 1 unspecified atom stereocenters. The number of likely N-dealkylation sites (N-methyl/N-ethyl adjacent to an activating group) is 1. The number of hydrogen-bond donors (Lipinski definition) is 2. The summed E-state index contributed by atoms with van der Waals surface area (Å²) in [6.45, 7) is 2.10. The van der Waals surface area contributed by atoms with Crippen molar-refractivity contribution in [2.45, 2.75) is 24.9 Å². The van der Waals surface area contributed by atoms with Gasteiger partial charge in [0.05, 0.1) is 16.9 Å². The van der Waals surface area contributed by atoms with Gasteiger partial charge in [-0.05, 0) is 43.7 Å². The number of pyridine rings is 1. The minimum Gasteiger partial charge on any atom is -0.456 e. The Balaban J connectivity index is 1.27. The first-order valence-corrected chi connectivity index (χ1v) is 10.9. The molecule has 164 valence electrons. The lowest BCUT2D eigenvalue weighted by molar-refractivity contribution is -0.137. The van der Waals surface area contributed by atoms with Gasteiger partial charge in [-0.25, -0.2) is 4.98 Å². The molecule has 8 heteroatoms. The normalized spacial score (nSPS) is 21.1. The molecule has 2 aromatic heterocycles. The molecular weight excluding hydrogens is 404 g/mol. The fraction of sp³-hybridized carbons (Fsp3) is 0.375. The van der Waals surface area contributed by atoms with E-state index in [-0.39, 0.29) is 11.8 Å². The van der Waals surface area contributed by atoms with Crippen LogP contribution in [0.5, 0.6) is 11.5 Å². The van der Waals surface area contributed by atoms with Crippen LogP contribution in [0.4, 0.5) is 0 Å². The van der Waals surface area contributed by atoms with Gasteiger partial charge in [0.2, 0.25) is 5.91 Å². The molecule has 2 bridgehead atoms. The molecular formula is C24H26N6O2. The largest absolute Gasteiger partial charge is 0.456 e. The summed E-state index contributed by atoms with van der Waals surface area (Å²) in [6.07, 6.45) is 4.95. The molecule has 0 aliphatic carbocycles. The number of benzene rings is 1. The van der Waals surface area contributed by atoms with Gasteiger partial charge in [-0.3, -0.25) is 9.69 Å². The van der Waals surface area contributed by atoms with Gasteiger partial charge in [0, 0.05) is 44.1 Å². The fourth-order valence-corrected chi connectivity index (χ4v) is 4.95. The zero-order chi connectivity index (χ0) is 22.2. The first-order chi connectivity index (χ1) is 15.6. The molecule has 0 radical (unpaired) electrons. The van der Waals surface area contributed by atoms with E-state index in [1.54, 1.807) is 18.5 Å². The van der Waals surface area contributed by atoms with Gasteiger partial charge in [-0.15, -0.1) is 0 Å². The van der Waals surface area contributed by atoms with Crippen LogP contribution in [-0.2, 0) is 11.2 Å². The molecule has 2 aliphatic heterocycles. The number of amides is 1. The Morgan fingerprint density at radius 3 is 2.78 bits per heavy atom. The van der Waals surface area contributed by atoms with E-state index in [1.807, 2.05) is 29.2 Å². The molecule has 3 atom stereocenters. The summed E-state index contributed by atoms with van der Waals surface area (Å²) in [5.41, 5.74) is 8.15. The highest BCUT2D eigenvalue weighted by molar-refractivity contribution is 5.88. The van der Waals surface area contributed by atoms with Crippen molar-refractivity contribution in [3.05, 3.63) is 53.9 Å². The van der Waals surface area contributed by atoms with Gasteiger partial charge in [0.15, 0.2) is 0 Å². The Morgan fingerprint density at radius 2 is 2.12 bits per heavy atom. The number of rotatable bonds is 6. The Labute approximate surface area is 186 Å². The lowest BCUT2D eigenvalue weighted by Crippen LogP contribution is -2.50. The number of fused-ring (bicyclic) bond motifs is 3. The molecule has 8 nitrogen and oxygen atoms in total. The Kier molecular flexibility index (Phi) is 5.29. The maximum absolute atomic E-state index is 13.1. The molecule has 4 heterocycles. The van der Waals surface area contributed by atoms with Crippen LogP contribution in [0.15, 0.2) is 42.7 Å². The summed E-state index contributed by atoms with van der Waals surface area (Å²) >= 11 is 0. The highest BCUT2D eigenvalue weighted by Crippen LogP contribution is 2.32. The molecule has 0 spiro atoms. The fourth-order valence-electron chi connectivity index (χ4n) is 4.95. The third kappa shape index (κ3) is 3.60. The van der Waals surface area contributed by atoms with E-state index in [0.717, 1.165) is 25.1 Å². The molecule has 2 saturated heterocycles. The van der Waals surface area contributed by atoms with E-state index in [9.17, 15) is 10.1 Å². The van der Waals surface area contributed by atoms with Gasteiger partial charge >= 0.3 is 0 Å². The molecule has 1 amide bonds. The van der Waals surface area contributed by atoms with Crippen LogP contribution < -0.4 is 10.5 Å². The van der Waals surface area contributed by atoms with Crippen molar-refractivity contribution in [3.63, 3.8) is 0 Å². The van der Waals surface area contributed by atoms with Gasteiger partial charge in [0.25, 0.3) is 0 Å². The van der Waals surface area contributed by atoms with E-state index in [2.05, 4.69) is 28.0 Å². The standard InChI is InChI=1S/C24H26N6O2/c1-29-13-19-9-18(29)14-30(19)24(31)16(10-25)8-15-2-4-20(5-3-15)32-21-6-7-27-23-22(21)17(11-26)12-28-23/h2-7,12,16,18-19H,8-10,13-14,25H2,1H3,(H,27,28)/t16?,18-,19-/m0/s1. The Morgan fingerprint density at radius 1 is 1.31 bits per heavy atom. The summed E-state index contributed by atoms with van der Waals surface area (Å²) in [6, 6.07) is 12.4. The predicted octanol–water partition coefficient (Wildman–Crippen LogP) is 2.26. The van der Waals surface area contributed by atoms with E-state index >= 15 is 0 Å². The Bertz CT molecular complexity index is 1180. The topological polar surface area (TPSA) is 111 Å². The van der Waals surface area contributed by atoms with Gasteiger partial charge in [-0.2, -0.15) is 5.26 Å². The minimum absolute atomic E-state index is 0.170. The smallest absolute Gasteiger partial charge is 0.227 e. The lowest BCUT2D eigenvalue weighted by atomic mass is 9.97. The van der Waals surface area contributed by atoms with Crippen molar-refractivity contribution in [1.29, 1.82) is 5.26 Å². The molecule has 0 saturated carbocycles. The highest BCUT2D eigenvalue weighted by atomic mass is 16.5. The van der Waals surface area contributed by atoms with Crippen molar-refractivity contribution >= 4 is 16.9 Å². The van der Waals surface area contributed by atoms with E-state index in [1.165, 1.54) is 0 Å². The number of aromatic amines is 1. The first-order valence-electron chi connectivity index (χ1n) is 10.9. The van der Waals surface area contributed by atoms with Crippen LogP contribution in [0, 0.1) is 17.2 Å². The van der Waals surface area contributed by atoms with Crippen LogP contribution in [0.1, 0.15) is 17.5 Å². The molecule has 5 rings (SSSR count). The van der Waals surface area contributed by atoms with Crippen LogP contribution in [0.25, 0.3) is 11.0 Å². The number of nitrogens with two attached hydrogens (primary N) is 1. The highest BCUT2D eigenvalue weighted by Gasteiger charge is 2.44. The number of nitriles is 1. The van der Waals surface area contributed by atoms with E-state index in [4.69, 9.17) is 10.5 Å². The Hall–Kier alpha value is -3.41. The van der Waals surface area contributed by atoms with Crippen molar-refractivity contribution < 1.29 is 9.53 Å².